The van der Waals surface area contributed by atoms with E-state index in [9.17, 15) is 4.79 Å². The minimum absolute atomic E-state index is 0.0838. The van der Waals surface area contributed by atoms with E-state index in [4.69, 9.17) is 4.74 Å². The fourth-order valence-corrected chi connectivity index (χ4v) is 3.53. The molecule has 6 nitrogen and oxygen atoms in total. The van der Waals surface area contributed by atoms with Crippen LogP contribution in [-0.2, 0) is 0 Å². The van der Waals surface area contributed by atoms with Crippen LogP contribution in [0.15, 0.2) is 30.5 Å². The molecule has 0 N–H and O–H groups in total. The lowest BCUT2D eigenvalue weighted by atomic mass is 9.90. The highest BCUT2D eigenvalue weighted by molar-refractivity contribution is 5.91. The number of aromatic nitrogens is 3. The predicted octanol–water partition coefficient (Wildman–Crippen LogP) is 2.87. The minimum Gasteiger partial charge on any atom is -0.490 e. The van der Waals surface area contributed by atoms with Gasteiger partial charge in [-0.15, -0.1) is 5.10 Å². The Kier molecular flexibility index (Phi) is 4.53. The van der Waals surface area contributed by atoms with Crippen LogP contribution in [0.2, 0.25) is 0 Å². The Hall–Kier alpha value is -2.21. The van der Waals surface area contributed by atoms with Crippen LogP contribution in [0.25, 0.3) is 5.69 Å². The van der Waals surface area contributed by atoms with Crippen molar-refractivity contribution in [1.82, 2.24) is 19.9 Å². The van der Waals surface area contributed by atoms with Crippen LogP contribution >= 0.6 is 0 Å². The number of ether oxygens (including phenoxy) is 1. The SMILES string of the molecule is CC(=O)c1cn(-c2ccc(OC3CCN(C4CCC4)CC3)cc2)nn1. The van der Waals surface area contributed by atoms with Gasteiger partial charge in [-0.3, -0.25) is 4.79 Å². The molecule has 1 aromatic carbocycles. The summed E-state index contributed by atoms with van der Waals surface area (Å²) in [4.78, 5) is 13.9. The first-order chi connectivity index (χ1) is 12.2. The summed E-state index contributed by atoms with van der Waals surface area (Å²) in [6.45, 7) is 3.79. The molecular formula is C19H24N4O2. The lowest BCUT2D eigenvalue weighted by Crippen LogP contribution is -2.46. The second-order valence-electron chi connectivity index (χ2n) is 7.04. The number of Topliss-reactive ketones (excluding diaryl/α,β-unsaturated/α-hetero) is 1. The fourth-order valence-electron chi connectivity index (χ4n) is 3.53. The molecular weight excluding hydrogens is 316 g/mol. The zero-order valence-corrected chi connectivity index (χ0v) is 14.6. The van der Waals surface area contributed by atoms with Gasteiger partial charge in [0.25, 0.3) is 0 Å². The smallest absolute Gasteiger partial charge is 0.181 e. The number of nitrogens with zero attached hydrogens (tertiary/aromatic N) is 4. The number of likely N-dealkylation sites (tertiary alicyclic amines) is 1. The number of carbonyl (C=O) groups excluding carboxylic acids is 1. The van der Waals surface area contributed by atoms with E-state index < -0.39 is 0 Å². The summed E-state index contributed by atoms with van der Waals surface area (Å²) >= 11 is 0. The number of benzene rings is 1. The standard InChI is InChI=1S/C19H24N4O2/c1-14(24)19-13-23(21-20-19)16-5-7-17(8-6-16)25-18-9-11-22(12-10-18)15-3-2-4-15/h5-8,13,15,18H,2-4,9-12H2,1H3. The largest absolute Gasteiger partial charge is 0.490 e. The van der Waals surface area contributed by atoms with Gasteiger partial charge in [-0.1, -0.05) is 11.6 Å². The van der Waals surface area contributed by atoms with E-state index in [1.807, 2.05) is 24.3 Å². The van der Waals surface area contributed by atoms with Crippen LogP contribution in [0.1, 0.15) is 49.5 Å². The number of hydrogen-bond acceptors (Lipinski definition) is 5. The molecule has 2 aliphatic rings. The molecule has 2 aromatic rings. The number of rotatable bonds is 5. The van der Waals surface area contributed by atoms with Crippen molar-refractivity contribution in [2.45, 2.75) is 51.2 Å². The Labute approximate surface area is 147 Å². The molecule has 2 heterocycles. The Morgan fingerprint density at radius 1 is 1.12 bits per heavy atom. The molecule has 1 aromatic heterocycles. The van der Waals surface area contributed by atoms with Crippen LogP contribution in [0.3, 0.4) is 0 Å². The van der Waals surface area contributed by atoms with E-state index in [0.717, 1.165) is 43.4 Å². The molecule has 25 heavy (non-hydrogen) atoms. The highest BCUT2D eigenvalue weighted by Gasteiger charge is 2.29. The van der Waals surface area contributed by atoms with Gasteiger partial charge >= 0.3 is 0 Å². The van der Waals surface area contributed by atoms with Gasteiger partial charge in [0, 0.05) is 26.1 Å². The van der Waals surface area contributed by atoms with Crippen molar-refractivity contribution in [3.8, 4) is 11.4 Å². The van der Waals surface area contributed by atoms with Crippen LogP contribution in [0.5, 0.6) is 5.75 Å². The van der Waals surface area contributed by atoms with E-state index >= 15 is 0 Å². The summed E-state index contributed by atoms with van der Waals surface area (Å²) in [5, 5.41) is 7.86. The maximum Gasteiger partial charge on any atom is 0.181 e. The van der Waals surface area contributed by atoms with Gasteiger partial charge < -0.3 is 9.64 Å². The predicted molar refractivity (Wildman–Crippen MR) is 94.2 cm³/mol. The van der Waals surface area contributed by atoms with Gasteiger partial charge in [0.15, 0.2) is 5.78 Å². The van der Waals surface area contributed by atoms with Crippen LogP contribution in [-0.4, -0.2) is 50.9 Å². The summed E-state index contributed by atoms with van der Waals surface area (Å²) in [5.74, 6) is 0.803. The van der Waals surface area contributed by atoms with Gasteiger partial charge in [-0.2, -0.15) is 0 Å². The zero-order valence-electron chi connectivity index (χ0n) is 14.6. The van der Waals surface area contributed by atoms with E-state index in [-0.39, 0.29) is 5.78 Å². The van der Waals surface area contributed by atoms with Gasteiger partial charge in [0.1, 0.15) is 17.5 Å². The highest BCUT2D eigenvalue weighted by Crippen LogP contribution is 2.28. The molecule has 4 rings (SSSR count). The quantitative estimate of drug-likeness (QED) is 0.783. The molecule has 0 radical (unpaired) electrons. The molecule has 0 amide bonds. The Balaban J connectivity index is 1.33. The molecule has 0 unspecified atom stereocenters. The number of hydrogen-bond donors (Lipinski definition) is 0. The van der Waals surface area contributed by atoms with E-state index in [1.165, 1.54) is 26.2 Å². The molecule has 2 fully saturated rings. The summed E-state index contributed by atoms with van der Waals surface area (Å²) < 4.78 is 7.75. The molecule has 1 aliphatic heterocycles. The number of piperidine rings is 1. The number of ketones is 1. The molecule has 6 heteroatoms. The maximum atomic E-state index is 11.3. The van der Waals surface area contributed by atoms with Gasteiger partial charge in [0.05, 0.1) is 11.9 Å². The second kappa shape index (κ2) is 6.96. The Bertz CT molecular complexity index is 728. The Morgan fingerprint density at radius 2 is 1.84 bits per heavy atom. The zero-order chi connectivity index (χ0) is 17.2. The average molecular weight is 340 g/mol. The molecule has 0 atom stereocenters. The summed E-state index contributed by atoms with van der Waals surface area (Å²) in [7, 11) is 0. The first kappa shape index (κ1) is 16.3. The van der Waals surface area contributed by atoms with Gasteiger partial charge in [-0.05, 0) is 49.9 Å². The van der Waals surface area contributed by atoms with E-state index in [1.54, 1.807) is 10.9 Å². The van der Waals surface area contributed by atoms with Crippen LogP contribution in [0, 0.1) is 0 Å². The fraction of sp³-hybridized carbons (Fsp3) is 0.526. The van der Waals surface area contributed by atoms with E-state index in [2.05, 4.69) is 15.2 Å². The summed E-state index contributed by atoms with van der Waals surface area (Å²) in [6, 6.07) is 8.64. The average Bonchev–Trinajstić information content (AvgIpc) is 3.06. The summed E-state index contributed by atoms with van der Waals surface area (Å²) in [5.41, 5.74) is 1.24. The van der Waals surface area contributed by atoms with Gasteiger partial charge in [-0.25, -0.2) is 4.68 Å². The topological polar surface area (TPSA) is 60.2 Å². The minimum atomic E-state index is -0.0838. The monoisotopic (exact) mass is 340 g/mol. The highest BCUT2D eigenvalue weighted by atomic mass is 16.5. The van der Waals surface area contributed by atoms with Crippen molar-refractivity contribution in [3.05, 3.63) is 36.2 Å². The van der Waals surface area contributed by atoms with E-state index in [0.29, 0.717) is 11.8 Å². The van der Waals surface area contributed by atoms with Crippen molar-refractivity contribution < 1.29 is 9.53 Å². The lowest BCUT2D eigenvalue weighted by Gasteiger charge is -2.41. The maximum absolute atomic E-state index is 11.3. The van der Waals surface area contributed by atoms with Crippen molar-refractivity contribution in [1.29, 1.82) is 0 Å². The van der Waals surface area contributed by atoms with Crippen molar-refractivity contribution in [2.24, 2.45) is 0 Å². The second-order valence-corrected chi connectivity index (χ2v) is 7.04. The van der Waals surface area contributed by atoms with Crippen LogP contribution < -0.4 is 4.74 Å². The first-order valence-electron chi connectivity index (χ1n) is 9.13. The molecule has 1 aliphatic carbocycles. The molecule has 0 spiro atoms. The molecule has 0 bridgehead atoms. The third-order valence-electron chi connectivity index (χ3n) is 5.33. The van der Waals surface area contributed by atoms with Crippen molar-refractivity contribution in [2.75, 3.05) is 13.1 Å². The third-order valence-corrected chi connectivity index (χ3v) is 5.33. The molecule has 1 saturated heterocycles. The summed E-state index contributed by atoms with van der Waals surface area (Å²) in [6.07, 6.45) is 8.30. The molecule has 1 saturated carbocycles. The lowest BCUT2D eigenvalue weighted by molar-refractivity contribution is 0.0493. The third kappa shape index (κ3) is 3.58. The molecule has 132 valence electrons. The number of carbonyl (C=O) groups is 1. The van der Waals surface area contributed by atoms with Gasteiger partial charge in [0.2, 0.25) is 0 Å². The van der Waals surface area contributed by atoms with Crippen molar-refractivity contribution in [3.63, 3.8) is 0 Å². The Morgan fingerprint density at radius 3 is 2.40 bits per heavy atom. The van der Waals surface area contributed by atoms with Crippen LogP contribution in [0.4, 0.5) is 0 Å². The normalized spacial score (nSPS) is 19.6. The van der Waals surface area contributed by atoms with Crippen molar-refractivity contribution >= 4 is 5.78 Å². The first-order valence-corrected chi connectivity index (χ1v) is 9.13.